The molecule has 140 valence electrons. The van der Waals surface area contributed by atoms with Crippen molar-refractivity contribution in [3.8, 4) is 16.9 Å². The molecule has 0 N–H and O–H groups in total. The lowest BCUT2D eigenvalue weighted by atomic mass is 10.1. The third-order valence-corrected chi connectivity index (χ3v) is 4.56. The van der Waals surface area contributed by atoms with Gasteiger partial charge in [0.25, 0.3) is 0 Å². The lowest BCUT2D eigenvalue weighted by Gasteiger charge is -2.09. The first-order chi connectivity index (χ1) is 13.5. The monoisotopic (exact) mass is 398 g/mol. The molecule has 4 rings (SSSR count). The van der Waals surface area contributed by atoms with E-state index in [4.69, 9.17) is 20.8 Å². The van der Waals surface area contributed by atoms with Gasteiger partial charge in [-0.25, -0.2) is 13.6 Å². The van der Waals surface area contributed by atoms with E-state index < -0.39 is 17.3 Å². The van der Waals surface area contributed by atoms with E-state index in [1.54, 1.807) is 42.5 Å². The number of rotatable bonds is 4. The van der Waals surface area contributed by atoms with Crippen LogP contribution in [0.1, 0.15) is 5.56 Å². The quantitative estimate of drug-likeness (QED) is 0.397. The molecule has 1 heterocycles. The maximum absolute atomic E-state index is 13.7. The Kier molecular flexibility index (Phi) is 4.84. The molecule has 0 saturated heterocycles. The first-order valence-electron chi connectivity index (χ1n) is 8.41. The van der Waals surface area contributed by atoms with Gasteiger partial charge >= 0.3 is 5.63 Å². The summed E-state index contributed by atoms with van der Waals surface area (Å²) in [5, 5.41) is 1.26. The molecule has 0 saturated carbocycles. The number of ether oxygens (including phenoxy) is 1. The van der Waals surface area contributed by atoms with Crippen molar-refractivity contribution in [2.45, 2.75) is 6.61 Å². The molecule has 4 aromatic rings. The Labute approximate surface area is 163 Å². The van der Waals surface area contributed by atoms with E-state index in [-0.39, 0.29) is 12.2 Å². The largest absolute Gasteiger partial charge is 0.489 e. The van der Waals surface area contributed by atoms with E-state index in [1.165, 1.54) is 24.3 Å². The minimum atomic E-state index is -0.681. The maximum Gasteiger partial charge on any atom is 0.344 e. The van der Waals surface area contributed by atoms with Crippen LogP contribution in [-0.2, 0) is 6.61 Å². The van der Waals surface area contributed by atoms with Crippen LogP contribution in [0.15, 0.2) is 75.9 Å². The van der Waals surface area contributed by atoms with Crippen molar-refractivity contribution < 1.29 is 17.9 Å². The molecule has 0 aliphatic heterocycles. The van der Waals surface area contributed by atoms with Crippen molar-refractivity contribution in [3.05, 3.63) is 99.4 Å². The van der Waals surface area contributed by atoms with Gasteiger partial charge < -0.3 is 9.15 Å². The van der Waals surface area contributed by atoms with E-state index in [0.29, 0.717) is 32.9 Å². The van der Waals surface area contributed by atoms with E-state index in [2.05, 4.69) is 0 Å². The molecule has 0 fully saturated rings. The first-order valence-corrected chi connectivity index (χ1v) is 8.78. The van der Waals surface area contributed by atoms with Gasteiger partial charge in [0.05, 0.1) is 11.1 Å². The molecule has 0 radical (unpaired) electrons. The molecule has 0 bridgehead atoms. The summed E-state index contributed by atoms with van der Waals surface area (Å²) in [6.07, 6.45) is 0. The highest BCUT2D eigenvalue weighted by molar-refractivity contribution is 6.30. The minimum absolute atomic E-state index is 0.165. The summed E-state index contributed by atoms with van der Waals surface area (Å²) in [6.45, 7) is -0.281. The lowest BCUT2D eigenvalue weighted by Crippen LogP contribution is -2.03. The fourth-order valence-electron chi connectivity index (χ4n) is 2.84. The standard InChI is InChI=1S/C22H13ClF2O3/c23-15-7-4-13(5-8-15)17-10-14-6-9-16(11-21(14)28-22(17)26)27-12-18-19(24)2-1-3-20(18)25/h1-11H,12H2. The second kappa shape index (κ2) is 7.44. The van der Waals surface area contributed by atoms with Crippen LogP contribution in [0.25, 0.3) is 22.1 Å². The van der Waals surface area contributed by atoms with Gasteiger partial charge in [0.15, 0.2) is 0 Å². The first kappa shape index (κ1) is 18.2. The van der Waals surface area contributed by atoms with Gasteiger partial charge in [-0.05, 0) is 48.0 Å². The average Bonchev–Trinajstić information content (AvgIpc) is 2.68. The molecular weight excluding hydrogens is 386 g/mol. The zero-order valence-electron chi connectivity index (χ0n) is 14.4. The van der Waals surface area contributed by atoms with Gasteiger partial charge in [-0.2, -0.15) is 0 Å². The molecule has 0 unspecified atom stereocenters. The molecule has 0 spiro atoms. The fourth-order valence-corrected chi connectivity index (χ4v) is 2.96. The number of hydrogen-bond acceptors (Lipinski definition) is 3. The van der Waals surface area contributed by atoms with Crippen LogP contribution in [-0.4, -0.2) is 0 Å². The lowest BCUT2D eigenvalue weighted by molar-refractivity contribution is 0.292. The second-order valence-corrected chi connectivity index (χ2v) is 6.58. The smallest absolute Gasteiger partial charge is 0.344 e. The van der Waals surface area contributed by atoms with Gasteiger partial charge in [0, 0.05) is 16.5 Å². The predicted molar refractivity (Wildman–Crippen MR) is 104 cm³/mol. The van der Waals surface area contributed by atoms with Crippen LogP contribution in [0, 0.1) is 11.6 Å². The molecule has 6 heteroatoms. The summed E-state index contributed by atoms with van der Waals surface area (Å²) in [5.74, 6) is -1.03. The van der Waals surface area contributed by atoms with Crippen molar-refractivity contribution >= 4 is 22.6 Å². The molecule has 1 aromatic heterocycles. The summed E-state index contributed by atoms with van der Waals surface area (Å²) in [6, 6.07) is 17.1. The van der Waals surface area contributed by atoms with Gasteiger partial charge in [-0.3, -0.25) is 0 Å². The van der Waals surface area contributed by atoms with Gasteiger partial charge in [0.2, 0.25) is 0 Å². The van der Waals surface area contributed by atoms with Crippen LogP contribution in [0.5, 0.6) is 5.75 Å². The SMILES string of the molecule is O=c1oc2cc(OCc3c(F)cccc3F)ccc2cc1-c1ccc(Cl)cc1. The highest BCUT2D eigenvalue weighted by atomic mass is 35.5. The van der Waals surface area contributed by atoms with E-state index in [0.717, 1.165) is 0 Å². The molecule has 3 aromatic carbocycles. The molecule has 3 nitrogen and oxygen atoms in total. The van der Waals surface area contributed by atoms with Crippen molar-refractivity contribution in [2.75, 3.05) is 0 Å². The summed E-state index contributed by atoms with van der Waals surface area (Å²) < 4.78 is 38.3. The zero-order valence-corrected chi connectivity index (χ0v) is 15.2. The van der Waals surface area contributed by atoms with Gasteiger partial charge in [0.1, 0.15) is 29.6 Å². The van der Waals surface area contributed by atoms with Crippen LogP contribution in [0.2, 0.25) is 5.02 Å². The number of benzene rings is 3. The molecule has 0 aliphatic rings. The Morgan fingerprint density at radius 2 is 1.64 bits per heavy atom. The fraction of sp³-hybridized carbons (Fsp3) is 0.0455. The zero-order chi connectivity index (χ0) is 19.7. The summed E-state index contributed by atoms with van der Waals surface area (Å²) in [4.78, 5) is 12.4. The van der Waals surface area contributed by atoms with Crippen molar-refractivity contribution in [2.24, 2.45) is 0 Å². The second-order valence-electron chi connectivity index (χ2n) is 6.14. The minimum Gasteiger partial charge on any atom is -0.489 e. The number of fused-ring (bicyclic) bond motifs is 1. The summed E-state index contributed by atoms with van der Waals surface area (Å²) in [7, 11) is 0. The molecule has 0 atom stereocenters. The molecule has 0 aliphatic carbocycles. The summed E-state index contributed by atoms with van der Waals surface area (Å²) in [5.41, 5.74) is 0.741. The van der Waals surface area contributed by atoms with E-state index >= 15 is 0 Å². The highest BCUT2D eigenvalue weighted by Gasteiger charge is 2.11. The van der Waals surface area contributed by atoms with Crippen molar-refractivity contribution in [1.82, 2.24) is 0 Å². The third-order valence-electron chi connectivity index (χ3n) is 4.31. The molecule has 28 heavy (non-hydrogen) atoms. The maximum atomic E-state index is 13.7. The average molecular weight is 399 g/mol. The van der Waals surface area contributed by atoms with Crippen LogP contribution in [0.3, 0.4) is 0 Å². The number of hydrogen-bond donors (Lipinski definition) is 0. The van der Waals surface area contributed by atoms with Crippen LogP contribution in [0.4, 0.5) is 8.78 Å². The Balaban J connectivity index is 1.64. The normalized spacial score (nSPS) is 11.0. The van der Waals surface area contributed by atoms with E-state index in [1.807, 2.05) is 0 Å². The Bertz CT molecular complexity index is 1200. The Morgan fingerprint density at radius 1 is 0.929 bits per heavy atom. The topological polar surface area (TPSA) is 39.4 Å². The Morgan fingerprint density at radius 3 is 2.36 bits per heavy atom. The van der Waals surface area contributed by atoms with Crippen LogP contribution >= 0.6 is 11.6 Å². The van der Waals surface area contributed by atoms with Crippen molar-refractivity contribution in [3.63, 3.8) is 0 Å². The Hall–Kier alpha value is -3.18. The van der Waals surface area contributed by atoms with Gasteiger partial charge in [-0.1, -0.05) is 29.8 Å². The summed E-state index contributed by atoms with van der Waals surface area (Å²) >= 11 is 5.88. The van der Waals surface area contributed by atoms with Gasteiger partial charge in [-0.15, -0.1) is 0 Å². The molecular formula is C22H13ClF2O3. The van der Waals surface area contributed by atoms with Crippen LogP contribution < -0.4 is 10.4 Å². The molecule has 0 amide bonds. The highest BCUT2D eigenvalue weighted by Crippen LogP contribution is 2.26. The van der Waals surface area contributed by atoms with E-state index in [9.17, 15) is 13.6 Å². The predicted octanol–water partition coefficient (Wildman–Crippen LogP) is 5.97. The number of halogens is 3. The third kappa shape index (κ3) is 3.62. The van der Waals surface area contributed by atoms with Crippen molar-refractivity contribution in [1.29, 1.82) is 0 Å².